The molecule has 1 aliphatic heterocycles. The van der Waals surface area contributed by atoms with Crippen molar-refractivity contribution in [3.63, 3.8) is 0 Å². The quantitative estimate of drug-likeness (QED) is 0.323. The monoisotopic (exact) mass is 569 g/mol. The van der Waals surface area contributed by atoms with Gasteiger partial charge in [0, 0.05) is 39.4 Å². The Morgan fingerprint density at radius 1 is 1.16 bits per heavy atom. The highest BCUT2D eigenvalue weighted by Gasteiger charge is 2.62. The lowest BCUT2D eigenvalue weighted by molar-refractivity contribution is -0.275. The Kier molecular flexibility index (Phi) is 7.64. The average molecular weight is 570 g/mol. The molecule has 0 bridgehead atoms. The summed E-state index contributed by atoms with van der Waals surface area (Å²) in [5.41, 5.74) is 0.248. The topological polar surface area (TPSA) is 71.9 Å². The average Bonchev–Trinajstić information content (AvgIpc) is 3.51. The Bertz CT molecular complexity index is 1360. The second-order valence-electron chi connectivity index (χ2n) is 8.44. The van der Waals surface area contributed by atoms with Gasteiger partial charge in [0.1, 0.15) is 0 Å². The fraction of sp³-hybridized carbons (Fsp3) is 0.280. The number of rotatable bonds is 6. The zero-order chi connectivity index (χ0) is 27.0. The minimum absolute atomic E-state index is 0.0209. The molecule has 0 radical (unpaired) electrons. The first-order chi connectivity index (χ1) is 17.4. The normalized spacial score (nSPS) is 17.3. The molecular formula is C25H20Cl2F3N3O3S. The minimum Gasteiger partial charge on any atom is -0.374 e. The molecule has 2 amide bonds. The van der Waals surface area contributed by atoms with Crippen molar-refractivity contribution in [2.45, 2.75) is 45.0 Å². The van der Waals surface area contributed by atoms with Crippen LogP contribution in [0.3, 0.4) is 0 Å². The number of amides is 2. The summed E-state index contributed by atoms with van der Waals surface area (Å²) in [5.74, 6) is -0.892. The van der Waals surface area contributed by atoms with Crippen molar-refractivity contribution >= 4 is 52.1 Å². The van der Waals surface area contributed by atoms with Gasteiger partial charge in [0.05, 0.1) is 23.5 Å². The van der Waals surface area contributed by atoms with Crippen LogP contribution in [-0.4, -0.2) is 33.6 Å². The van der Waals surface area contributed by atoms with Crippen LogP contribution in [-0.2, 0) is 21.8 Å². The highest BCUT2D eigenvalue weighted by atomic mass is 35.5. The van der Waals surface area contributed by atoms with E-state index in [-0.39, 0.29) is 45.8 Å². The molecular weight excluding hydrogens is 550 g/mol. The second kappa shape index (κ2) is 10.4. The van der Waals surface area contributed by atoms with Crippen LogP contribution in [0.1, 0.15) is 52.5 Å². The Labute approximate surface area is 224 Å². The molecule has 0 fully saturated rings. The summed E-state index contributed by atoms with van der Waals surface area (Å²) in [6.07, 6.45) is -5.33. The predicted octanol–water partition coefficient (Wildman–Crippen LogP) is 6.92. The summed E-state index contributed by atoms with van der Waals surface area (Å²) < 4.78 is 42.9. The molecule has 2 heterocycles. The SMILES string of the molecule is CCC(=O)N(Cc1cscn1)C(=O)c1ccc(C2=NOC(c3cc(Cl)cc(Cl)c3)(C(F)(F)F)C2)cc1C. The Balaban J connectivity index is 1.63. The molecule has 1 unspecified atom stereocenters. The van der Waals surface area contributed by atoms with E-state index in [4.69, 9.17) is 28.0 Å². The van der Waals surface area contributed by atoms with Gasteiger partial charge < -0.3 is 4.84 Å². The van der Waals surface area contributed by atoms with Crippen LogP contribution in [0.5, 0.6) is 0 Å². The Morgan fingerprint density at radius 2 is 1.86 bits per heavy atom. The summed E-state index contributed by atoms with van der Waals surface area (Å²) in [4.78, 5) is 36.1. The lowest BCUT2D eigenvalue weighted by Gasteiger charge is -2.29. The highest BCUT2D eigenvalue weighted by molar-refractivity contribution is 7.07. The number of oxime groups is 1. The zero-order valence-electron chi connectivity index (χ0n) is 19.6. The van der Waals surface area contributed by atoms with Crippen LogP contribution in [0.2, 0.25) is 10.0 Å². The van der Waals surface area contributed by atoms with E-state index >= 15 is 0 Å². The molecule has 0 spiro atoms. The molecule has 0 aliphatic carbocycles. The molecule has 0 N–H and O–H groups in total. The third-order valence-corrected chi connectivity index (χ3v) is 7.03. The first kappa shape index (κ1) is 27.1. The fourth-order valence-corrected chi connectivity index (χ4v) is 5.09. The number of aromatic nitrogens is 1. The number of carbonyl (C=O) groups excluding carboxylic acids is 2. The maximum atomic E-state index is 14.3. The van der Waals surface area contributed by atoms with E-state index in [0.29, 0.717) is 16.8 Å². The van der Waals surface area contributed by atoms with Gasteiger partial charge in [-0.1, -0.05) is 41.3 Å². The van der Waals surface area contributed by atoms with Crippen molar-refractivity contribution in [2.75, 3.05) is 0 Å². The lowest BCUT2D eigenvalue weighted by atomic mass is 9.86. The number of thiazole rings is 1. The lowest BCUT2D eigenvalue weighted by Crippen LogP contribution is -2.42. The van der Waals surface area contributed by atoms with Gasteiger partial charge in [0.15, 0.2) is 0 Å². The molecule has 0 saturated heterocycles. The van der Waals surface area contributed by atoms with Gasteiger partial charge in [0.25, 0.3) is 11.5 Å². The Hall–Kier alpha value is -2.95. The number of alkyl halides is 3. The number of imide groups is 1. The summed E-state index contributed by atoms with van der Waals surface area (Å²) in [7, 11) is 0. The molecule has 3 aromatic rings. The Morgan fingerprint density at radius 3 is 2.43 bits per heavy atom. The van der Waals surface area contributed by atoms with Gasteiger partial charge in [-0.15, -0.1) is 11.3 Å². The van der Waals surface area contributed by atoms with Crippen LogP contribution in [0, 0.1) is 6.92 Å². The van der Waals surface area contributed by atoms with Crippen molar-refractivity contribution in [3.05, 3.63) is 85.3 Å². The van der Waals surface area contributed by atoms with Crippen molar-refractivity contribution in [2.24, 2.45) is 5.16 Å². The minimum atomic E-state index is -4.83. The molecule has 1 atom stereocenters. The number of carbonyl (C=O) groups is 2. The number of hydrogen-bond donors (Lipinski definition) is 0. The van der Waals surface area contributed by atoms with E-state index in [1.165, 1.54) is 29.5 Å². The van der Waals surface area contributed by atoms with Crippen LogP contribution in [0.15, 0.2) is 52.4 Å². The maximum Gasteiger partial charge on any atom is 0.435 e. The van der Waals surface area contributed by atoms with E-state index in [1.807, 2.05) is 0 Å². The summed E-state index contributed by atoms with van der Waals surface area (Å²) in [6, 6.07) is 8.12. The number of benzene rings is 2. The number of hydrogen-bond acceptors (Lipinski definition) is 6. The first-order valence-corrected chi connectivity index (χ1v) is 12.8. The molecule has 12 heteroatoms. The van der Waals surface area contributed by atoms with Crippen LogP contribution in [0.25, 0.3) is 0 Å². The van der Waals surface area contributed by atoms with E-state index < -0.39 is 24.1 Å². The van der Waals surface area contributed by atoms with E-state index in [9.17, 15) is 22.8 Å². The predicted molar refractivity (Wildman–Crippen MR) is 135 cm³/mol. The molecule has 1 aromatic heterocycles. The van der Waals surface area contributed by atoms with Gasteiger partial charge in [-0.2, -0.15) is 13.2 Å². The van der Waals surface area contributed by atoms with Crippen molar-refractivity contribution in [1.29, 1.82) is 0 Å². The van der Waals surface area contributed by atoms with Gasteiger partial charge in [-0.3, -0.25) is 14.5 Å². The number of halogens is 5. The van der Waals surface area contributed by atoms with E-state index in [2.05, 4.69) is 10.1 Å². The second-order valence-corrected chi connectivity index (χ2v) is 10.0. The number of nitrogens with zero attached hydrogens (tertiary/aromatic N) is 3. The fourth-order valence-electron chi connectivity index (χ4n) is 4.02. The highest BCUT2D eigenvalue weighted by Crippen LogP contribution is 2.49. The molecule has 1 aliphatic rings. The van der Waals surface area contributed by atoms with Crippen molar-refractivity contribution in [1.82, 2.24) is 9.88 Å². The van der Waals surface area contributed by atoms with E-state index in [0.717, 1.165) is 17.0 Å². The molecule has 6 nitrogen and oxygen atoms in total. The van der Waals surface area contributed by atoms with Gasteiger partial charge in [-0.05, 0) is 48.4 Å². The summed E-state index contributed by atoms with van der Waals surface area (Å²) >= 11 is 13.3. The van der Waals surface area contributed by atoms with Crippen molar-refractivity contribution < 1.29 is 27.6 Å². The maximum absolute atomic E-state index is 14.3. The summed E-state index contributed by atoms with van der Waals surface area (Å²) in [6.45, 7) is 3.31. The van der Waals surface area contributed by atoms with Crippen LogP contribution < -0.4 is 0 Å². The smallest absolute Gasteiger partial charge is 0.374 e. The molecule has 37 heavy (non-hydrogen) atoms. The van der Waals surface area contributed by atoms with Crippen LogP contribution in [0.4, 0.5) is 13.2 Å². The van der Waals surface area contributed by atoms with Gasteiger partial charge >= 0.3 is 6.18 Å². The molecule has 4 rings (SSSR count). The summed E-state index contributed by atoms with van der Waals surface area (Å²) in [5, 5.41) is 5.57. The van der Waals surface area contributed by atoms with Crippen molar-refractivity contribution in [3.8, 4) is 0 Å². The number of aryl methyl sites for hydroxylation is 1. The van der Waals surface area contributed by atoms with Gasteiger partial charge in [0.2, 0.25) is 5.91 Å². The molecule has 0 saturated carbocycles. The standard InChI is InChI=1S/C25H20Cl2F3N3O3S/c1-3-22(34)33(11-19-12-37-13-31-19)23(35)20-5-4-15(6-14(20)2)21-10-24(36-32-21,25(28,29)30)16-7-17(26)9-18(27)8-16/h4-9,12-13H,3,10-11H2,1-2H3. The largest absolute Gasteiger partial charge is 0.435 e. The molecule has 2 aromatic carbocycles. The van der Waals surface area contributed by atoms with Gasteiger partial charge in [-0.25, -0.2) is 4.98 Å². The third-order valence-electron chi connectivity index (χ3n) is 5.96. The zero-order valence-corrected chi connectivity index (χ0v) is 21.9. The molecule has 194 valence electrons. The first-order valence-electron chi connectivity index (χ1n) is 11.1. The van der Waals surface area contributed by atoms with E-state index in [1.54, 1.807) is 30.8 Å². The van der Waals surface area contributed by atoms with Crippen LogP contribution >= 0.6 is 34.5 Å². The third kappa shape index (κ3) is 5.37.